The van der Waals surface area contributed by atoms with Gasteiger partial charge in [-0.2, -0.15) is 4.98 Å². The highest BCUT2D eigenvalue weighted by Gasteiger charge is 2.20. The van der Waals surface area contributed by atoms with Gasteiger partial charge in [0.05, 0.1) is 23.7 Å². The molecule has 0 spiro atoms. The fraction of sp³-hybridized carbons (Fsp3) is 0.174. The molecule has 4 rings (SSSR count). The van der Waals surface area contributed by atoms with Crippen molar-refractivity contribution in [3.8, 4) is 34.4 Å². The molecule has 30 heavy (non-hydrogen) atoms. The minimum Gasteiger partial charge on any atom is -0.424 e. The number of imidazole rings is 1. The summed E-state index contributed by atoms with van der Waals surface area (Å²) in [5.41, 5.74) is 2.61. The SMILES string of the molecule is CCC(CO)c1nc(-c2ccc(F)cc2)c(-c2ccnc(Oc3ccccc3)n2)[nH]1. The van der Waals surface area contributed by atoms with Crippen molar-refractivity contribution in [2.75, 3.05) is 6.61 Å². The van der Waals surface area contributed by atoms with Crippen molar-refractivity contribution >= 4 is 0 Å². The van der Waals surface area contributed by atoms with Gasteiger partial charge in [0.25, 0.3) is 0 Å². The van der Waals surface area contributed by atoms with Crippen LogP contribution in [0.3, 0.4) is 0 Å². The highest BCUT2D eigenvalue weighted by Crippen LogP contribution is 2.32. The predicted molar refractivity (Wildman–Crippen MR) is 112 cm³/mol. The molecule has 0 fully saturated rings. The maximum atomic E-state index is 13.4. The van der Waals surface area contributed by atoms with Crippen LogP contribution in [-0.2, 0) is 0 Å². The molecule has 2 heterocycles. The van der Waals surface area contributed by atoms with Crippen molar-refractivity contribution in [3.63, 3.8) is 0 Å². The number of aliphatic hydroxyl groups is 1. The zero-order valence-corrected chi connectivity index (χ0v) is 16.4. The van der Waals surface area contributed by atoms with E-state index in [-0.39, 0.29) is 24.4 Å². The molecule has 6 nitrogen and oxygen atoms in total. The Bertz CT molecular complexity index is 1110. The molecule has 0 radical (unpaired) electrons. The Morgan fingerprint density at radius 2 is 1.80 bits per heavy atom. The first-order chi connectivity index (χ1) is 14.7. The third-order valence-corrected chi connectivity index (χ3v) is 4.78. The predicted octanol–water partition coefficient (Wildman–Crippen LogP) is 4.95. The Morgan fingerprint density at radius 1 is 1.03 bits per heavy atom. The van der Waals surface area contributed by atoms with E-state index in [1.165, 1.54) is 12.1 Å². The molecule has 0 amide bonds. The summed E-state index contributed by atoms with van der Waals surface area (Å²) in [5, 5.41) is 9.71. The van der Waals surface area contributed by atoms with Gasteiger partial charge in [-0.05, 0) is 48.9 Å². The van der Waals surface area contributed by atoms with Crippen LogP contribution < -0.4 is 4.74 Å². The molecule has 0 aliphatic rings. The summed E-state index contributed by atoms with van der Waals surface area (Å²) < 4.78 is 19.2. The maximum absolute atomic E-state index is 13.4. The van der Waals surface area contributed by atoms with Gasteiger partial charge in [-0.15, -0.1) is 0 Å². The van der Waals surface area contributed by atoms with Gasteiger partial charge >= 0.3 is 6.01 Å². The van der Waals surface area contributed by atoms with Crippen molar-refractivity contribution in [2.45, 2.75) is 19.3 Å². The number of para-hydroxylation sites is 1. The summed E-state index contributed by atoms with van der Waals surface area (Å²) in [5.74, 6) is 0.821. The first kappa shape index (κ1) is 19.7. The van der Waals surface area contributed by atoms with E-state index < -0.39 is 0 Å². The summed E-state index contributed by atoms with van der Waals surface area (Å²) in [6, 6.07) is 17.3. The first-order valence-corrected chi connectivity index (χ1v) is 9.71. The largest absolute Gasteiger partial charge is 0.424 e. The summed E-state index contributed by atoms with van der Waals surface area (Å²) in [6.07, 6.45) is 2.33. The van der Waals surface area contributed by atoms with Gasteiger partial charge in [-0.25, -0.2) is 14.4 Å². The highest BCUT2D eigenvalue weighted by atomic mass is 19.1. The Labute approximate surface area is 173 Å². The zero-order valence-electron chi connectivity index (χ0n) is 16.4. The third kappa shape index (κ3) is 4.21. The smallest absolute Gasteiger partial charge is 0.322 e. The summed E-state index contributed by atoms with van der Waals surface area (Å²) in [4.78, 5) is 16.7. The van der Waals surface area contributed by atoms with Crippen molar-refractivity contribution in [1.29, 1.82) is 0 Å². The normalized spacial score (nSPS) is 12.0. The van der Waals surface area contributed by atoms with Crippen LogP contribution in [0, 0.1) is 5.82 Å². The Morgan fingerprint density at radius 3 is 2.50 bits per heavy atom. The number of benzene rings is 2. The lowest BCUT2D eigenvalue weighted by Crippen LogP contribution is -2.04. The van der Waals surface area contributed by atoms with Crippen LogP contribution in [0.4, 0.5) is 4.39 Å². The second-order valence-corrected chi connectivity index (χ2v) is 6.78. The van der Waals surface area contributed by atoms with Gasteiger partial charge in [0.1, 0.15) is 17.4 Å². The van der Waals surface area contributed by atoms with Crippen LogP contribution in [0.1, 0.15) is 25.1 Å². The van der Waals surface area contributed by atoms with E-state index in [2.05, 4.69) is 15.0 Å². The van der Waals surface area contributed by atoms with Crippen molar-refractivity contribution in [3.05, 3.63) is 78.5 Å². The number of halogens is 1. The minimum atomic E-state index is -0.321. The van der Waals surface area contributed by atoms with E-state index in [4.69, 9.17) is 9.72 Å². The summed E-state index contributed by atoms with van der Waals surface area (Å²) >= 11 is 0. The van der Waals surface area contributed by atoms with E-state index in [1.807, 2.05) is 37.3 Å². The van der Waals surface area contributed by atoms with E-state index in [0.29, 0.717) is 28.7 Å². The molecule has 0 aliphatic carbocycles. The molecule has 152 valence electrons. The number of nitrogens with zero attached hydrogens (tertiary/aromatic N) is 3. The molecular weight excluding hydrogens is 383 g/mol. The second-order valence-electron chi connectivity index (χ2n) is 6.78. The van der Waals surface area contributed by atoms with Crippen molar-refractivity contribution in [2.24, 2.45) is 0 Å². The number of H-pyrrole nitrogens is 1. The van der Waals surface area contributed by atoms with Gasteiger partial charge in [0, 0.05) is 17.7 Å². The van der Waals surface area contributed by atoms with Gasteiger partial charge in [-0.3, -0.25) is 0 Å². The van der Waals surface area contributed by atoms with Crippen molar-refractivity contribution in [1.82, 2.24) is 19.9 Å². The van der Waals surface area contributed by atoms with Crippen LogP contribution in [0.2, 0.25) is 0 Å². The van der Waals surface area contributed by atoms with Gasteiger partial charge < -0.3 is 14.8 Å². The number of aromatic nitrogens is 4. The molecule has 2 N–H and O–H groups in total. The van der Waals surface area contributed by atoms with Crippen LogP contribution in [0.5, 0.6) is 11.8 Å². The highest BCUT2D eigenvalue weighted by molar-refractivity contribution is 5.76. The number of rotatable bonds is 7. The molecule has 7 heteroatoms. The molecule has 1 atom stereocenters. The van der Waals surface area contributed by atoms with Gasteiger partial charge in [-0.1, -0.05) is 25.1 Å². The molecule has 0 aliphatic heterocycles. The summed E-state index contributed by atoms with van der Waals surface area (Å²) in [7, 11) is 0. The fourth-order valence-corrected chi connectivity index (χ4v) is 3.12. The molecule has 1 unspecified atom stereocenters. The lowest BCUT2D eigenvalue weighted by molar-refractivity contribution is 0.258. The topological polar surface area (TPSA) is 83.9 Å². The van der Waals surface area contributed by atoms with Crippen LogP contribution in [0.25, 0.3) is 22.6 Å². The van der Waals surface area contributed by atoms with E-state index in [9.17, 15) is 9.50 Å². The first-order valence-electron chi connectivity index (χ1n) is 9.71. The second kappa shape index (κ2) is 8.84. The number of nitrogens with one attached hydrogen (secondary N) is 1. The molecule has 2 aromatic heterocycles. The van der Waals surface area contributed by atoms with E-state index in [1.54, 1.807) is 24.4 Å². The van der Waals surface area contributed by atoms with Gasteiger partial charge in [0.2, 0.25) is 0 Å². The average Bonchev–Trinajstić information content (AvgIpc) is 3.21. The van der Waals surface area contributed by atoms with Crippen molar-refractivity contribution < 1.29 is 14.2 Å². The lowest BCUT2D eigenvalue weighted by Gasteiger charge is -2.07. The average molecular weight is 404 g/mol. The van der Waals surface area contributed by atoms with E-state index >= 15 is 0 Å². The standard InChI is InChI=1S/C23H21FN4O2/c1-2-15(14-29)22-27-20(16-8-10-17(24)11-9-16)21(28-22)19-12-13-25-23(26-19)30-18-6-4-3-5-7-18/h3-13,15,29H,2,14H2,1H3,(H,27,28). The molecular formula is C23H21FN4O2. The molecule has 0 saturated carbocycles. The monoisotopic (exact) mass is 404 g/mol. The zero-order chi connectivity index (χ0) is 20.9. The Kier molecular flexibility index (Phi) is 5.81. The number of hydrogen-bond acceptors (Lipinski definition) is 5. The minimum absolute atomic E-state index is 0.0293. The maximum Gasteiger partial charge on any atom is 0.322 e. The molecule has 2 aromatic carbocycles. The van der Waals surface area contributed by atoms with Crippen LogP contribution in [0.15, 0.2) is 66.9 Å². The van der Waals surface area contributed by atoms with Gasteiger partial charge in [0.15, 0.2) is 0 Å². The number of hydrogen-bond donors (Lipinski definition) is 2. The lowest BCUT2D eigenvalue weighted by atomic mass is 10.1. The molecule has 4 aromatic rings. The summed E-state index contributed by atoms with van der Waals surface area (Å²) in [6.45, 7) is 1.95. The Hall–Kier alpha value is -3.58. The quantitative estimate of drug-likeness (QED) is 0.455. The van der Waals surface area contributed by atoms with Crippen LogP contribution in [-0.4, -0.2) is 31.6 Å². The number of aromatic amines is 1. The van der Waals surface area contributed by atoms with Crippen LogP contribution >= 0.6 is 0 Å². The number of ether oxygens (including phenoxy) is 1. The third-order valence-electron chi connectivity index (χ3n) is 4.78. The number of aliphatic hydroxyl groups excluding tert-OH is 1. The fourth-order valence-electron chi connectivity index (χ4n) is 3.12. The molecule has 0 saturated heterocycles. The molecule has 0 bridgehead atoms. The Balaban J connectivity index is 1.77. The van der Waals surface area contributed by atoms with E-state index in [0.717, 1.165) is 12.0 Å².